The molecule has 31 heavy (non-hydrogen) atoms. The first-order valence-electron chi connectivity index (χ1n) is 10.7. The first-order chi connectivity index (χ1) is 15.0. The van der Waals surface area contributed by atoms with Gasteiger partial charge in [-0.15, -0.1) is 0 Å². The first kappa shape index (κ1) is 22.5. The summed E-state index contributed by atoms with van der Waals surface area (Å²) in [4.78, 5) is 8.94. The van der Waals surface area contributed by atoms with Gasteiger partial charge in [-0.2, -0.15) is 4.98 Å². The van der Waals surface area contributed by atoms with E-state index in [9.17, 15) is 5.11 Å². The molecule has 3 N–H and O–H groups in total. The predicted molar refractivity (Wildman–Crippen MR) is 123 cm³/mol. The Bertz CT molecular complexity index is 965. The Balaban J connectivity index is 1.54. The van der Waals surface area contributed by atoms with E-state index in [1.165, 1.54) is 5.56 Å². The van der Waals surface area contributed by atoms with Crippen molar-refractivity contribution in [2.45, 2.75) is 39.2 Å². The van der Waals surface area contributed by atoms with Gasteiger partial charge in [0.2, 0.25) is 0 Å². The number of hydrogen-bond donors (Lipinski definition) is 3. The molecular formula is C24H31N5O2. The fourth-order valence-corrected chi connectivity index (χ4v) is 3.12. The van der Waals surface area contributed by atoms with E-state index in [4.69, 9.17) is 4.52 Å². The van der Waals surface area contributed by atoms with Crippen molar-refractivity contribution < 1.29 is 9.63 Å². The monoisotopic (exact) mass is 421 g/mol. The number of benzene rings is 2. The molecule has 0 saturated heterocycles. The molecule has 2 aromatic carbocycles. The zero-order valence-electron chi connectivity index (χ0n) is 18.4. The highest BCUT2D eigenvalue weighted by Gasteiger charge is 2.22. The molecule has 7 nitrogen and oxygen atoms in total. The van der Waals surface area contributed by atoms with Crippen molar-refractivity contribution in [2.24, 2.45) is 4.99 Å². The second-order valence-corrected chi connectivity index (χ2v) is 7.58. The van der Waals surface area contributed by atoms with Crippen LogP contribution >= 0.6 is 0 Å². The standard InChI is InChI=1S/C24H31N5O2/c1-4-21-28-22(31-29-21)19-13-11-18(12-14-19)15-16-26-23(25-5-2)27-17-24(3,30)20-9-7-6-8-10-20/h6-14,30H,4-5,15-17H2,1-3H3,(H2,25,26,27). The van der Waals surface area contributed by atoms with Crippen molar-refractivity contribution in [1.82, 2.24) is 20.8 Å². The van der Waals surface area contributed by atoms with Crippen LogP contribution < -0.4 is 10.6 Å². The molecular weight excluding hydrogens is 390 g/mol. The predicted octanol–water partition coefficient (Wildman–Crippen LogP) is 3.30. The number of guanidine groups is 1. The van der Waals surface area contributed by atoms with Gasteiger partial charge in [0.1, 0.15) is 5.60 Å². The highest BCUT2D eigenvalue weighted by Crippen LogP contribution is 2.20. The normalized spacial score (nSPS) is 13.6. The van der Waals surface area contributed by atoms with Crippen molar-refractivity contribution in [1.29, 1.82) is 0 Å². The van der Waals surface area contributed by atoms with E-state index in [0.29, 0.717) is 17.7 Å². The minimum absolute atomic E-state index is 0.269. The second kappa shape index (κ2) is 10.7. The van der Waals surface area contributed by atoms with E-state index < -0.39 is 5.60 Å². The molecule has 0 spiro atoms. The molecule has 1 aromatic heterocycles. The number of rotatable bonds is 9. The lowest BCUT2D eigenvalue weighted by Crippen LogP contribution is -2.39. The molecule has 7 heteroatoms. The fraction of sp³-hybridized carbons (Fsp3) is 0.375. The second-order valence-electron chi connectivity index (χ2n) is 7.58. The Hall–Kier alpha value is -3.19. The van der Waals surface area contributed by atoms with Gasteiger partial charge in [-0.05, 0) is 43.5 Å². The highest BCUT2D eigenvalue weighted by molar-refractivity contribution is 5.79. The summed E-state index contributed by atoms with van der Waals surface area (Å²) in [5.74, 6) is 1.95. The smallest absolute Gasteiger partial charge is 0.257 e. The van der Waals surface area contributed by atoms with Gasteiger partial charge in [0.15, 0.2) is 11.8 Å². The van der Waals surface area contributed by atoms with E-state index >= 15 is 0 Å². The van der Waals surface area contributed by atoms with Crippen LogP contribution in [0.25, 0.3) is 11.5 Å². The summed E-state index contributed by atoms with van der Waals surface area (Å²) in [5.41, 5.74) is 1.94. The number of aliphatic imine (C=N–C) groups is 1. The molecule has 3 rings (SSSR count). The van der Waals surface area contributed by atoms with Gasteiger partial charge >= 0.3 is 0 Å². The van der Waals surface area contributed by atoms with Crippen LogP contribution in [-0.4, -0.2) is 40.8 Å². The summed E-state index contributed by atoms with van der Waals surface area (Å²) in [6.07, 6.45) is 1.59. The van der Waals surface area contributed by atoms with Crippen molar-refractivity contribution >= 4 is 5.96 Å². The molecule has 164 valence electrons. The van der Waals surface area contributed by atoms with E-state index in [2.05, 4.69) is 37.9 Å². The van der Waals surface area contributed by atoms with E-state index in [1.807, 2.05) is 56.3 Å². The maximum Gasteiger partial charge on any atom is 0.257 e. The van der Waals surface area contributed by atoms with E-state index in [1.54, 1.807) is 6.92 Å². The average molecular weight is 422 g/mol. The Morgan fingerprint density at radius 1 is 1.06 bits per heavy atom. The third kappa shape index (κ3) is 6.39. The zero-order valence-corrected chi connectivity index (χ0v) is 18.4. The SMILES string of the molecule is CCNC(=NCC(C)(O)c1ccccc1)NCCc1ccc(-c2nc(CC)no2)cc1. The van der Waals surface area contributed by atoms with Gasteiger partial charge in [0, 0.05) is 25.1 Å². The molecule has 0 aliphatic carbocycles. The molecule has 0 radical (unpaired) electrons. The molecule has 1 atom stereocenters. The summed E-state index contributed by atoms with van der Waals surface area (Å²) in [6, 6.07) is 17.7. The number of nitrogens with one attached hydrogen (secondary N) is 2. The largest absolute Gasteiger partial charge is 0.384 e. The lowest BCUT2D eigenvalue weighted by atomic mass is 9.96. The Labute approximate surface area is 183 Å². The van der Waals surface area contributed by atoms with Crippen LogP contribution in [0.3, 0.4) is 0 Å². The van der Waals surface area contributed by atoms with Gasteiger partial charge in [0.05, 0.1) is 6.54 Å². The minimum atomic E-state index is -1.02. The maximum atomic E-state index is 10.8. The molecule has 0 aliphatic rings. The summed E-state index contributed by atoms with van der Waals surface area (Å²) < 4.78 is 5.29. The molecule has 0 fully saturated rings. The molecule has 1 heterocycles. The lowest BCUT2D eigenvalue weighted by Gasteiger charge is -2.22. The zero-order chi connectivity index (χ0) is 22.1. The Morgan fingerprint density at radius 3 is 2.45 bits per heavy atom. The third-order valence-corrected chi connectivity index (χ3v) is 4.98. The third-order valence-electron chi connectivity index (χ3n) is 4.98. The first-order valence-corrected chi connectivity index (χ1v) is 10.7. The summed E-state index contributed by atoms with van der Waals surface area (Å²) in [5, 5.41) is 21.3. The fourth-order valence-electron chi connectivity index (χ4n) is 3.12. The van der Waals surface area contributed by atoms with Crippen LogP contribution in [0.5, 0.6) is 0 Å². The number of aliphatic hydroxyl groups is 1. The maximum absolute atomic E-state index is 10.8. The van der Waals surface area contributed by atoms with Gasteiger partial charge < -0.3 is 20.3 Å². The van der Waals surface area contributed by atoms with Gasteiger partial charge in [-0.25, -0.2) is 4.99 Å². The van der Waals surface area contributed by atoms with Gasteiger partial charge in [-0.3, -0.25) is 0 Å². The van der Waals surface area contributed by atoms with Gasteiger partial charge in [-0.1, -0.05) is 54.5 Å². The van der Waals surface area contributed by atoms with E-state index in [-0.39, 0.29) is 6.54 Å². The molecule has 1 unspecified atom stereocenters. The van der Waals surface area contributed by atoms with Crippen molar-refractivity contribution in [3.63, 3.8) is 0 Å². The number of aromatic nitrogens is 2. The molecule has 0 bridgehead atoms. The van der Waals surface area contributed by atoms with Crippen LogP contribution in [0.1, 0.15) is 37.7 Å². The van der Waals surface area contributed by atoms with Crippen molar-refractivity contribution in [3.8, 4) is 11.5 Å². The van der Waals surface area contributed by atoms with Crippen LogP contribution in [0, 0.1) is 0 Å². The number of nitrogens with zero attached hydrogens (tertiary/aromatic N) is 3. The van der Waals surface area contributed by atoms with Crippen LogP contribution in [0.15, 0.2) is 64.1 Å². The van der Waals surface area contributed by atoms with Crippen molar-refractivity contribution in [2.75, 3.05) is 19.6 Å². The topological polar surface area (TPSA) is 95.6 Å². The molecule has 0 aliphatic heterocycles. The van der Waals surface area contributed by atoms with Crippen LogP contribution in [0.2, 0.25) is 0 Å². The molecule has 0 amide bonds. The minimum Gasteiger partial charge on any atom is -0.384 e. The molecule has 0 saturated carbocycles. The Kier molecular flexibility index (Phi) is 7.78. The van der Waals surface area contributed by atoms with Crippen LogP contribution in [-0.2, 0) is 18.4 Å². The quantitative estimate of drug-likeness (QED) is 0.362. The summed E-state index contributed by atoms with van der Waals surface area (Å²) in [7, 11) is 0. The summed E-state index contributed by atoms with van der Waals surface area (Å²) >= 11 is 0. The highest BCUT2D eigenvalue weighted by atomic mass is 16.5. The number of hydrogen-bond acceptors (Lipinski definition) is 5. The van der Waals surface area contributed by atoms with Crippen molar-refractivity contribution in [3.05, 3.63) is 71.5 Å². The Morgan fingerprint density at radius 2 is 1.81 bits per heavy atom. The van der Waals surface area contributed by atoms with Gasteiger partial charge in [0.25, 0.3) is 5.89 Å². The van der Waals surface area contributed by atoms with Crippen LogP contribution in [0.4, 0.5) is 0 Å². The number of aryl methyl sites for hydroxylation is 1. The molecule has 3 aromatic rings. The average Bonchev–Trinajstić information content (AvgIpc) is 3.28. The van der Waals surface area contributed by atoms with E-state index in [0.717, 1.165) is 37.1 Å². The summed E-state index contributed by atoms with van der Waals surface area (Å²) in [6.45, 7) is 7.54. The lowest BCUT2D eigenvalue weighted by molar-refractivity contribution is 0.0672.